The number of nitrogens with zero attached hydrogens (tertiary/aromatic N) is 4. The fourth-order valence-electron chi connectivity index (χ4n) is 4.38. The summed E-state index contributed by atoms with van der Waals surface area (Å²) in [5.74, 6) is 1.03. The molecule has 26 heavy (non-hydrogen) atoms. The second-order valence-corrected chi connectivity index (χ2v) is 7.75. The molecule has 2 bridgehead atoms. The van der Waals surface area contributed by atoms with Crippen molar-refractivity contribution in [1.29, 1.82) is 5.26 Å². The van der Waals surface area contributed by atoms with Crippen LogP contribution in [-0.2, 0) is 11.2 Å². The first-order valence-corrected chi connectivity index (χ1v) is 9.58. The molecule has 1 aromatic rings. The number of rotatable bonds is 4. The number of aryl methyl sites for hydroxylation is 1. The average molecular weight is 357 g/mol. The van der Waals surface area contributed by atoms with Crippen LogP contribution < -0.4 is 5.32 Å². The molecule has 2 atom stereocenters. The SMILES string of the molecule is CCc1nc(C#N)cc(NC2CC3CCCC(C2)N3C(=O)C2(F)CC2)n1. The first-order chi connectivity index (χ1) is 12.5. The quantitative estimate of drug-likeness (QED) is 0.896. The largest absolute Gasteiger partial charge is 0.367 e. The van der Waals surface area contributed by atoms with Gasteiger partial charge in [0, 0.05) is 30.6 Å². The highest BCUT2D eigenvalue weighted by atomic mass is 19.1. The maximum Gasteiger partial charge on any atom is 0.260 e. The normalized spacial score (nSPS) is 29.0. The summed E-state index contributed by atoms with van der Waals surface area (Å²) in [5.41, 5.74) is -1.22. The van der Waals surface area contributed by atoms with E-state index in [0.717, 1.165) is 32.1 Å². The van der Waals surface area contributed by atoms with Crippen molar-refractivity contribution in [2.45, 2.75) is 82.1 Å². The van der Waals surface area contributed by atoms with Crippen LogP contribution in [0.1, 0.15) is 63.4 Å². The predicted molar refractivity (Wildman–Crippen MR) is 94.1 cm³/mol. The molecule has 138 valence electrons. The van der Waals surface area contributed by atoms with Gasteiger partial charge in [-0.05, 0) is 44.9 Å². The number of aromatic nitrogens is 2. The molecule has 1 saturated carbocycles. The minimum atomic E-state index is -1.58. The summed E-state index contributed by atoms with van der Waals surface area (Å²) < 4.78 is 14.3. The molecule has 1 aromatic heterocycles. The summed E-state index contributed by atoms with van der Waals surface area (Å²) in [6.45, 7) is 1.96. The smallest absolute Gasteiger partial charge is 0.260 e. The van der Waals surface area contributed by atoms with Gasteiger partial charge in [-0.3, -0.25) is 4.79 Å². The minimum Gasteiger partial charge on any atom is -0.367 e. The van der Waals surface area contributed by atoms with E-state index >= 15 is 0 Å². The summed E-state index contributed by atoms with van der Waals surface area (Å²) >= 11 is 0. The van der Waals surface area contributed by atoms with E-state index in [1.807, 2.05) is 11.8 Å². The number of nitriles is 1. The van der Waals surface area contributed by atoms with Gasteiger partial charge >= 0.3 is 0 Å². The third-order valence-electron chi connectivity index (χ3n) is 5.84. The van der Waals surface area contributed by atoms with Gasteiger partial charge in [-0.2, -0.15) is 5.26 Å². The Kier molecular flexibility index (Phi) is 4.29. The van der Waals surface area contributed by atoms with E-state index in [0.29, 0.717) is 36.6 Å². The van der Waals surface area contributed by atoms with Gasteiger partial charge < -0.3 is 10.2 Å². The van der Waals surface area contributed by atoms with Gasteiger partial charge in [0.25, 0.3) is 5.91 Å². The predicted octanol–water partition coefficient (Wildman–Crippen LogP) is 2.74. The highest BCUT2D eigenvalue weighted by Crippen LogP contribution is 2.45. The Balaban J connectivity index is 1.49. The monoisotopic (exact) mass is 357 g/mol. The van der Waals surface area contributed by atoms with Crippen molar-refractivity contribution in [3.8, 4) is 6.07 Å². The number of halogens is 1. The number of carbonyl (C=O) groups excluding carboxylic acids is 1. The van der Waals surface area contributed by atoms with E-state index in [9.17, 15) is 9.18 Å². The molecule has 2 unspecified atom stereocenters. The second kappa shape index (κ2) is 6.49. The molecule has 0 radical (unpaired) electrons. The molecule has 0 spiro atoms. The van der Waals surface area contributed by atoms with E-state index in [1.54, 1.807) is 6.07 Å². The van der Waals surface area contributed by atoms with E-state index < -0.39 is 5.67 Å². The highest BCUT2D eigenvalue weighted by molar-refractivity contribution is 5.88. The number of piperidine rings is 2. The van der Waals surface area contributed by atoms with E-state index in [1.165, 1.54) is 0 Å². The zero-order valence-electron chi connectivity index (χ0n) is 15.0. The Hall–Kier alpha value is -2.23. The zero-order valence-corrected chi connectivity index (χ0v) is 15.0. The molecule has 7 heteroatoms. The Morgan fingerprint density at radius 1 is 1.38 bits per heavy atom. The van der Waals surface area contributed by atoms with Gasteiger partial charge in [0.2, 0.25) is 0 Å². The fourth-order valence-corrected chi connectivity index (χ4v) is 4.38. The molecular formula is C19H24FN5O. The standard InChI is InChI=1S/C19H24FN5O/c1-2-16-23-13(11-21)10-17(24-16)22-12-8-14-4-3-5-15(9-12)25(14)18(26)19(20)6-7-19/h10,12,14-15H,2-9H2,1H3,(H,22,23,24). The van der Waals surface area contributed by atoms with Crippen molar-refractivity contribution in [2.24, 2.45) is 0 Å². The lowest BCUT2D eigenvalue weighted by atomic mass is 9.81. The molecule has 3 heterocycles. The number of fused-ring (bicyclic) bond motifs is 2. The lowest BCUT2D eigenvalue weighted by Crippen LogP contribution is -2.59. The Bertz CT molecular complexity index is 743. The zero-order chi connectivity index (χ0) is 18.3. The van der Waals surface area contributed by atoms with E-state index in [-0.39, 0.29) is 24.0 Å². The van der Waals surface area contributed by atoms with Gasteiger partial charge in [-0.1, -0.05) is 6.92 Å². The van der Waals surface area contributed by atoms with Crippen LogP contribution in [0.15, 0.2) is 6.07 Å². The number of alkyl halides is 1. The molecule has 2 aliphatic heterocycles. The first-order valence-electron chi connectivity index (χ1n) is 9.58. The Morgan fingerprint density at radius 3 is 2.65 bits per heavy atom. The van der Waals surface area contributed by atoms with Crippen molar-refractivity contribution < 1.29 is 9.18 Å². The third kappa shape index (κ3) is 3.13. The lowest BCUT2D eigenvalue weighted by Gasteiger charge is -2.49. The third-order valence-corrected chi connectivity index (χ3v) is 5.84. The Morgan fingerprint density at radius 2 is 2.08 bits per heavy atom. The minimum absolute atomic E-state index is 0.101. The fraction of sp³-hybridized carbons (Fsp3) is 0.684. The molecule has 1 amide bonds. The molecule has 2 saturated heterocycles. The molecule has 3 aliphatic rings. The summed E-state index contributed by atoms with van der Waals surface area (Å²) in [7, 11) is 0. The molecule has 1 N–H and O–H groups in total. The van der Waals surface area contributed by atoms with Gasteiger partial charge in [-0.15, -0.1) is 0 Å². The number of nitrogens with one attached hydrogen (secondary N) is 1. The maximum atomic E-state index is 14.3. The van der Waals surface area contributed by atoms with Gasteiger partial charge in [0.1, 0.15) is 23.4 Å². The van der Waals surface area contributed by atoms with Crippen molar-refractivity contribution in [3.63, 3.8) is 0 Å². The summed E-state index contributed by atoms with van der Waals surface area (Å²) in [4.78, 5) is 23.1. The molecule has 0 aromatic carbocycles. The highest BCUT2D eigenvalue weighted by Gasteiger charge is 2.56. The van der Waals surface area contributed by atoms with E-state index in [2.05, 4.69) is 21.4 Å². The van der Waals surface area contributed by atoms with Crippen LogP contribution in [0.5, 0.6) is 0 Å². The molecular weight excluding hydrogens is 333 g/mol. The topological polar surface area (TPSA) is 81.9 Å². The van der Waals surface area contributed by atoms with Crippen LogP contribution in [0.4, 0.5) is 10.2 Å². The van der Waals surface area contributed by atoms with Crippen molar-refractivity contribution >= 4 is 11.7 Å². The number of hydrogen-bond acceptors (Lipinski definition) is 5. The summed E-state index contributed by atoms with van der Waals surface area (Å²) in [6.07, 6.45) is 5.98. The summed E-state index contributed by atoms with van der Waals surface area (Å²) in [6, 6.07) is 4.13. The van der Waals surface area contributed by atoms with E-state index in [4.69, 9.17) is 5.26 Å². The van der Waals surface area contributed by atoms with Crippen molar-refractivity contribution in [1.82, 2.24) is 14.9 Å². The molecule has 1 aliphatic carbocycles. The van der Waals surface area contributed by atoms with Crippen LogP contribution in [0.25, 0.3) is 0 Å². The van der Waals surface area contributed by atoms with Crippen LogP contribution in [0.2, 0.25) is 0 Å². The Labute approximate surface area is 152 Å². The first kappa shape index (κ1) is 17.2. The van der Waals surface area contributed by atoms with Crippen LogP contribution in [0.3, 0.4) is 0 Å². The second-order valence-electron chi connectivity index (χ2n) is 7.75. The lowest BCUT2D eigenvalue weighted by molar-refractivity contribution is -0.148. The van der Waals surface area contributed by atoms with Gasteiger partial charge in [0.05, 0.1) is 0 Å². The van der Waals surface area contributed by atoms with Crippen LogP contribution in [0, 0.1) is 11.3 Å². The van der Waals surface area contributed by atoms with Gasteiger partial charge in [0.15, 0.2) is 5.67 Å². The average Bonchev–Trinajstić information content (AvgIpc) is 3.38. The van der Waals surface area contributed by atoms with Crippen molar-refractivity contribution in [2.75, 3.05) is 5.32 Å². The molecule has 3 fully saturated rings. The number of amides is 1. The van der Waals surface area contributed by atoms with Crippen LogP contribution >= 0.6 is 0 Å². The number of anilines is 1. The molecule has 4 rings (SSSR count). The summed E-state index contributed by atoms with van der Waals surface area (Å²) in [5, 5.41) is 12.6. The number of hydrogen-bond donors (Lipinski definition) is 1. The van der Waals surface area contributed by atoms with Crippen molar-refractivity contribution in [3.05, 3.63) is 17.6 Å². The number of carbonyl (C=O) groups is 1. The van der Waals surface area contributed by atoms with Gasteiger partial charge in [-0.25, -0.2) is 14.4 Å². The molecule has 6 nitrogen and oxygen atoms in total. The maximum absolute atomic E-state index is 14.3. The van der Waals surface area contributed by atoms with Crippen LogP contribution in [-0.4, -0.2) is 44.6 Å².